The molecule has 3 aromatic carbocycles. The second kappa shape index (κ2) is 9.09. The highest BCUT2D eigenvalue weighted by molar-refractivity contribution is 7.92. The first kappa shape index (κ1) is 21.5. The molecule has 0 radical (unpaired) electrons. The van der Waals surface area contributed by atoms with Gasteiger partial charge < -0.3 is 5.32 Å². The molecule has 0 unspecified atom stereocenters. The molecule has 0 spiro atoms. The zero-order valence-corrected chi connectivity index (χ0v) is 17.6. The van der Waals surface area contributed by atoms with Gasteiger partial charge in [0.15, 0.2) is 0 Å². The van der Waals surface area contributed by atoms with Gasteiger partial charge in [0.2, 0.25) is 15.9 Å². The minimum absolute atomic E-state index is 0.165. The van der Waals surface area contributed by atoms with Crippen molar-refractivity contribution in [1.82, 2.24) is 5.32 Å². The lowest BCUT2D eigenvalue weighted by Gasteiger charge is -2.25. The summed E-state index contributed by atoms with van der Waals surface area (Å²) in [5.41, 5.74) is 2.63. The zero-order chi connectivity index (χ0) is 21.7. The molecule has 0 saturated heterocycles. The first-order valence-electron chi connectivity index (χ1n) is 9.39. The summed E-state index contributed by atoms with van der Waals surface area (Å²) in [6.07, 6.45) is 0.946. The van der Waals surface area contributed by atoms with Crippen LogP contribution in [-0.2, 0) is 14.8 Å². The fourth-order valence-corrected chi connectivity index (χ4v) is 3.99. The molecule has 1 N–H and O–H groups in total. The van der Waals surface area contributed by atoms with Gasteiger partial charge in [-0.15, -0.1) is 0 Å². The number of aryl methyl sites for hydroxylation is 1. The lowest BCUT2D eigenvalue weighted by molar-refractivity contribution is -0.120. The number of benzene rings is 3. The molecule has 3 aromatic rings. The average molecular weight is 427 g/mol. The minimum atomic E-state index is -3.87. The Bertz CT molecular complexity index is 1120. The molecular formula is C23H23FN2O3S. The van der Waals surface area contributed by atoms with Crippen LogP contribution in [0.15, 0.2) is 78.9 Å². The van der Waals surface area contributed by atoms with Crippen molar-refractivity contribution in [2.45, 2.75) is 13.0 Å². The SMILES string of the molecule is Cc1ccc([C@@H](NC(=O)CN(c2ccccc2F)S(C)(=O)=O)c2ccccc2)cc1. The third kappa shape index (κ3) is 5.24. The van der Waals surface area contributed by atoms with Gasteiger partial charge in [-0.3, -0.25) is 9.10 Å². The maximum atomic E-state index is 14.2. The van der Waals surface area contributed by atoms with Crippen LogP contribution in [0.5, 0.6) is 0 Å². The van der Waals surface area contributed by atoms with E-state index in [0.29, 0.717) is 0 Å². The quantitative estimate of drug-likeness (QED) is 0.625. The molecule has 0 aliphatic rings. The molecule has 0 aliphatic heterocycles. The first-order valence-corrected chi connectivity index (χ1v) is 11.2. The summed E-state index contributed by atoms with van der Waals surface area (Å²) < 4.78 is 39.5. The smallest absolute Gasteiger partial charge is 0.241 e. The standard InChI is InChI=1S/C23H23FN2O3S/c1-17-12-14-19(15-13-17)23(18-8-4-3-5-9-18)25-22(27)16-26(30(2,28)29)21-11-7-6-10-20(21)24/h3-15,23H,16H2,1-2H3,(H,25,27)/t23-/m0/s1. The molecule has 0 fully saturated rings. The monoisotopic (exact) mass is 426 g/mol. The summed E-state index contributed by atoms with van der Waals surface area (Å²) in [6.45, 7) is 1.44. The number of amides is 1. The molecule has 1 atom stereocenters. The van der Waals surface area contributed by atoms with Crippen LogP contribution in [-0.4, -0.2) is 27.1 Å². The highest BCUT2D eigenvalue weighted by Crippen LogP contribution is 2.24. The maximum Gasteiger partial charge on any atom is 0.241 e. The number of carbonyl (C=O) groups excluding carboxylic acids is 1. The normalized spacial score (nSPS) is 12.2. The fourth-order valence-electron chi connectivity index (χ4n) is 3.14. The Morgan fingerprint density at radius 1 is 0.933 bits per heavy atom. The van der Waals surface area contributed by atoms with Crippen LogP contribution in [0.2, 0.25) is 0 Å². The number of carbonyl (C=O) groups is 1. The molecule has 0 aromatic heterocycles. The Morgan fingerprint density at radius 3 is 2.10 bits per heavy atom. The van der Waals surface area contributed by atoms with Gasteiger partial charge in [0.25, 0.3) is 0 Å². The summed E-state index contributed by atoms with van der Waals surface area (Å²) >= 11 is 0. The van der Waals surface area contributed by atoms with Crippen LogP contribution in [0.3, 0.4) is 0 Å². The van der Waals surface area contributed by atoms with E-state index in [4.69, 9.17) is 0 Å². The van der Waals surface area contributed by atoms with Crippen molar-refractivity contribution in [2.24, 2.45) is 0 Å². The van der Waals surface area contributed by atoms with Gasteiger partial charge in [0.1, 0.15) is 12.4 Å². The summed E-state index contributed by atoms with van der Waals surface area (Å²) in [6, 6.07) is 22.1. The number of hydrogen-bond donors (Lipinski definition) is 1. The highest BCUT2D eigenvalue weighted by Gasteiger charge is 2.25. The highest BCUT2D eigenvalue weighted by atomic mass is 32.2. The first-order chi connectivity index (χ1) is 14.3. The van der Waals surface area contributed by atoms with Crippen LogP contribution in [0.4, 0.5) is 10.1 Å². The molecule has 0 heterocycles. The molecule has 5 nitrogen and oxygen atoms in total. The van der Waals surface area contributed by atoms with Crippen molar-refractivity contribution >= 4 is 21.6 Å². The lowest BCUT2D eigenvalue weighted by atomic mass is 9.98. The van der Waals surface area contributed by atoms with Gasteiger partial charge in [-0.2, -0.15) is 0 Å². The number of nitrogens with one attached hydrogen (secondary N) is 1. The number of anilines is 1. The third-order valence-electron chi connectivity index (χ3n) is 4.66. The summed E-state index contributed by atoms with van der Waals surface area (Å²) in [5.74, 6) is -1.26. The summed E-state index contributed by atoms with van der Waals surface area (Å²) in [7, 11) is -3.87. The second-order valence-electron chi connectivity index (χ2n) is 7.04. The van der Waals surface area contributed by atoms with Crippen molar-refractivity contribution < 1.29 is 17.6 Å². The molecule has 30 heavy (non-hydrogen) atoms. The topological polar surface area (TPSA) is 66.5 Å². The van der Waals surface area contributed by atoms with Gasteiger partial charge in [0, 0.05) is 0 Å². The van der Waals surface area contributed by atoms with Crippen molar-refractivity contribution in [2.75, 3.05) is 17.1 Å². The van der Waals surface area contributed by atoms with E-state index < -0.39 is 34.3 Å². The van der Waals surface area contributed by atoms with Crippen LogP contribution in [0, 0.1) is 12.7 Å². The van der Waals surface area contributed by atoms with Gasteiger partial charge >= 0.3 is 0 Å². The molecular weight excluding hydrogens is 403 g/mol. The molecule has 1 amide bonds. The largest absolute Gasteiger partial charge is 0.344 e. The summed E-state index contributed by atoms with van der Waals surface area (Å²) in [4.78, 5) is 12.9. The Balaban J connectivity index is 1.89. The molecule has 0 saturated carbocycles. The Kier molecular flexibility index (Phi) is 6.52. The molecule has 3 rings (SSSR count). The Labute approximate surface area is 176 Å². The predicted molar refractivity (Wildman–Crippen MR) is 116 cm³/mol. The van der Waals surface area contributed by atoms with Gasteiger partial charge in [0.05, 0.1) is 18.0 Å². The second-order valence-corrected chi connectivity index (χ2v) is 8.95. The van der Waals surface area contributed by atoms with E-state index in [1.54, 1.807) is 0 Å². The van der Waals surface area contributed by atoms with Crippen molar-refractivity contribution in [3.8, 4) is 0 Å². The van der Waals surface area contributed by atoms with Crippen LogP contribution >= 0.6 is 0 Å². The molecule has 0 aliphatic carbocycles. The lowest BCUT2D eigenvalue weighted by Crippen LogP contribution is -2.42. The van der Waals surface area contributed by atoms with Gasteiger partial charge in [-0.25, -0.2) is 12.8 Å². The molecule has 7 heteroatoms. The van der Waals surface area contributed by atoms with Crippen LogP contribution in [0.1, 0.15) is 22.7 Å². The van der Waals surface area contributed by atoms with E-state index in [0.717, 1.165) is 33.3 Å². The maximum absolute atomic E-state index is 14.2. The predicted octanol–water partition coefficient (Wildman–Crippen LogP) is 3.81. The fraction of sp³-hybridized carbons (Fsp3) is 0.174. The number of para-hydroxylation sites is 1. The van der Waals surface area contributed by atoms with E-state index in [1.807, 2.05) is 61.5 Å². The number of hydrogen-bond acceptors (Lipinski definition) is 3. The van der Waals surface area contributed by atoms with Crippen LogP contribution in [0.25, 0.3) is 0 Å². The van der Waals surface area contributed by atoms with E-state index in [9.17, 15) is 17.6 Å². The van der Waals surface area contributed by atoms with Gasteiger partial charge in [-0.05, 0) is 30.2 Å². The van der Waals surface area contributed by atoms with Crippen molar-refractivity contribution in [3.63, 3.8) is 0 Å². The van der Waals surface area contributed by atoms with Gasteiger partial charge in [-0.1, -0.05) is 72.3 Å². The van der Waals surface area contributed by atoms with E-state index in [1.165, 1.54) is 18.2 Å². The van der Waals surface area contributed by atoms with Crippen molar-refractivity contribution in [3.05, 3.63) is 101 Å². The zero-order valence-electron chi connectivity index (χ0n) is 16.7. The van der Waals surface area contributed by atoms with Crippen LogP contribution < -0.4 is 9.62 Å². The van der Waals surface area contributed by atoms with Crippen molar-refractivity contribution in [1.29, 1.82) is 0 Å². The minimum Gasteiger partial charge on any atom is -0.344 e. The molecule has 0 bridgehead atoms. The Morgan fingerprint density at radius 2 is 1.50 bits per heavy atom. The Hall–Kier alpha value is -3.19. The van der Waals surface area contributed by atoms with E-state index in [-0.39, 0.29) is 5.69 Å². The molecule has 156 valence electrons. The average Bonchev–Trinajstić information content (AvgIpc) is 2.71. The number of nitrogens with zero attached hydrogens (tertiary/aromatic N) is 1. The summed E-state index contributed by atoms with van der Waals surface area (Å²) in [5, 5.41) is 2.89. The number of sulfonamides is 1. The third-order valence-corrected chi connectivity index (χ3v) is 5.78. The number of halogens is 1. The van der Waals surface area contributed by atoms with E-state index in [2.05, 4.69) is 5.32 Å². The number of rotatable bonds is 7. The van der Waals surface area contributed by atoms with E-state index >= 15 is 0 Å².